The zero-order valence-electron chi connectivity index (χ0n) is 20.1. The van der Waals surface area contributed by atoms with Crippen LogP contribution in [-0.2, 0) is 6.54 Å². The number of aromatic nitrogens is 4. The van der Waals surface area contributed by atoms with E-state index in [1.165, 1.54) is 56.1 Å². The Kier molecular flexibility index (Phi) is 5.88. The summed E-state index contributed by atoms with van der Waals surface area (Å²) in [5.74, 6) is 0.634. The highest BCUT2D eigenvalue weighted by Gasteiger charge is 2.29. The van der Waals surface area contributed by atoms with Crippen molar-refractivity contribution in [2.45, 2.75) is 77.4 Å². The Morgan fingerprint density at radius 3 is 2.56 bits per heavy atom. The maximum Gasteiger partial charge on any atom is 0.201 e. The lowest BCUT2D eigenvalue weighted by Crippen LogP contribution is -2.44. The van der Waals surface area contributed by atoms with Crippen LogP contribution in [0, 0.1) is 0 Å². The van der Waals surface area contributed by atoms with Gasteiger partial charge in [-0.3, -0.25) is 9.58 Å². The van der Waals surface area contributed by atoms with Crippen molar-refractivity contribution in [3.05, 3.63) is 18.3 Å². The zero-order valence-corrected chi connectivity index (χ0v) is 20.1. The Morgan fingerprint density at radius 2 is 1.78 bits per heavy atom. The number of fused-ring (bicyclic) bond motifs is 3. The number of likely N-dealkylation sites (tertiary alicyclic amines) is 2. The van der Waals surface area contributed by atoms with E-state index in [1.54, 1.807) is 0 Å². The van der Waals surface area contributed by atoms with E-state index in [4.69, 9.17) is 15.8 Å². The summed E-state index contributed by atoms with van der Waals surface area (Å²) in [6.45, 7) is 13.5. The van der Waals surface area contributed by atoms with Gasteiger partial charge >= 0.3 is 0 Å². The van der Waals surface area contributed by atoms with Crippen molar-refractivity contribution in [2.75, 3.05) is 38.5 Å². The van der Waals surface area contributed by atoms with E-state index in [-0.39, 0.29) is 5.54 Å². The van der Waals surface area contributed by atoms with Crippen molar-refractivity contribution in [1.29, 1.82) is 0 Å². The fraction of sp³-hybridized carbons (Fsp3) is 0.680. The van der Waals surface area contributed by atoms with E-state index < -0.39 is 0 Å². The van der Waals surface area contributed by atoms with Gasteiger partial charge in [0.05, 0.1) is 29.3 Å². The first-order valence-electron chi connectivity index (χ1n) is 12.5. The molecule has 0 amide bonds. The fourth-order valence-corrected chi connectivity index (χ4v) is 5.67. The standard InChI is InChI=1S/C25H39N7/c1-25(2,3)30-14-8-5-9-19(18-30)32-23-20-17-27-31(16-15-29-12-6-4-7-13-29)22(20)11-10-21(23)28-24(32)26/h10-11,17,19H,4-9,12-16,18H2,1-3H3,(H2,26,28)/t19-/m1/s1. The van der Waals surface area contributed by atoms with Crippen molar-refractivity contribution in [2.24, 2.45) is 0 Å². The molecule has 2 aliphatic rings. The largest absolute Gasteiger partial charge is 0.369 e. The lowest BCUT2D eigenvalue weighted by Gasteiger charge is -2.37. The van der Waals surface area contributed by atoms with E-state index in [9.17, 15) is 0 Å². The molecule has 2 aromatic heterocycles. The summed E-state index contributed by atoms with van der Waals surface area (Å²) in [4.78, 5) is 9.94. The topological polar surface area (TPSA) is 68.1 Å². The molecule has 2 saturated heterocycles. The number of anilines is 1. The minimum atomic E-state index is 0.155. The van der Waals surface area contributed by atoms with Gasteiger partial charge in [0.25, 0.3) is 0 Å². The summed E-state index contributed by atoms with van der Waals surface area (Å²) in [7, 11) is 0. The number of nitrogen functional groups attached to an aromatic ring is 1. The molecule has 0 unspecified atom stereocenters. The molecular formula is C25H39N7. The van der Waals surface area contributed by atoms with E-state index in [2.05, 4.69) is 52.0 Å². The molecule has 32 heavy (non-hydrogen) atoms. The van der Waals surface area contributed by atoms with Gasteiger partial charge in [-0.1, -0.05) is 12.8 Å². The quantitative estimate of drug-likeness (QED) is 0.660. The van der Waals surface area contributed by atoms with Gasteiger partial charge in [0.2, 0.25) is 5.95 Å². The molecule has 7 heteroatoms. The number of rotatable bonds is 4. The first-order chi connectivity index (χ1) is 15.4. The molecular weight excluding hydrogens is 398 g/mol. The maximum atomic E-state index is 6.54. The normalized spacial score (nSPS) is 22.0. The Morgan fingerprint density at radius 1 is 1.00 bits per heavy atom. The second-order valence-electron chi connectivity index (χ2n) is 10.7. The smallest absolute Gasteiger partial charge is 0.201 e. The Hall–Kier alpha value is -2.12. The molecule has 4 heterocycles. The third-order valence-corrected chi connectivity index (χ3v) is 7.54. The summed E-state index contributed by atoms with van der Waals surface area (Å²) in [5, 5.41) is 5.97. The van der Waals surface area contributed by atoms with Gasteiger partial charge in [0.15, 0.2) is 0 Å². The molecule has 1 aromatic carbocycles. The third-order valence-electron chi connectivity index (χ3n) is 7.54. The molecule has 3 aromatic rings. The Balaban J connectivity index is 1.49. The van der Waals surface area contributed by atoms with Crippen LogP contribution >= 0.6 is 0 Å². The SMILES string of the molecule is CC(C)(C)N1CCCC[C@@H](n2c(N)nc3ccc4c(cnn4CCN4CCCCC4)c32)C1. The first kappa shape index (κ1) is 21.7. The minimum Gasteiger partial charge on any atom is -0.369 e. The molecule has 2 aliphatic heterocycles. The summed E-state index contributed by atoms with van der Waals surface area (Å²) in [6.07, 6.45) is 9.66. The summed E-state index contributed by atoms with van der Waals surface area (Å²) in [6, 6.07) is 4.64. The maximum absolute atomic E-state index is 6.54. The number of hydrogen-bond donors (Lipinski definition) is 1. The van der Waals surface area contributed by atoms with Crippen molar-refractivity contribution in [3.8, 4) is 0 Å². The van der Waals surface area contributed by atoms with Gasteiger partial charge in [-0.05, 0) is 78.2 Å². The predicted octanol–water partition coefficient (Wildman–Crippen LogP) is 4.28. The Bertz CT molecular complexity index is 1070. The van der Waals surface area contributed by atoms with Crippen LogP contribution in [0.25, 0.3) is 21.9 Å². The van der Waals surface area contributed by atoms with Crippen LogP contribution < -0.4 is 5.73 Å². The molecule has 2 fully saturated rings. The number of benzene rings is 1. The second kappa shape index (κ2) is 8.67. The lowest BCUT2D eigenvalue weighted by molar-refractivity contribution is 0.126. The molecule has 7 nitrogen and oxygen atoms in total. The minimum absolute atomic E-state index is 0.155. The van der Waals surface area contributed by atoms with Crippen LogP contribution in [0.15, 0.2) is 18.3 Å². The lowest BCUT2D eigenvalue weighted by atomic mass is 10.0. The van der Waals surface area contributed by atoms with E-state index >= 15 is 0 Å². The van der Waals surface area contributed by atoms with Crippen LogP contribution in [0.3, 0.4) is 0 Å². The predicted molar refractivity (Wildman–Crippen MR) is 132 cm³/mol. The van der Waals surface area contributed by atoms with E-state index in [0.717, 1.165) is 43.6 Å². The summed E-state index contributed by atoms with van der Waals surface area (Å²) in [5.41, 5.74) is 10.0. The summed E-state index contributed by atoms with van der Waals surface area (Å²) >= 11 is 0. The van der Waals surface area contributed by atoms with E-state index in [0.29, 0.717) is 12.0 Å². The molecule has 0 aliphatic carbocycles. The second-order valence-corrected chi connectivity index (χ2v) is 10.7. The van der Waals surface area contributed by atoms with E-state index in [1.807, 2.05) is 6.20 Å². The van der Waals surface area contributed by atoms with Crippen molar-refractivity contribution >= 4 is 27.9 Å². The number of imidazole rings is 1. The van der Waals surface area contributed by atoms with Crippen molar-refractivity contribution < 1.29 is 0 Å². The van der Waals surface area contributed by atoms with Crippen LogP contribution in [-0.4, -0.2) is 67.4 Å². The van der Waals surface area contributed by atoms with Crippen LogP contribution in [0.2, 0.25) is 0 Å². The monoisotopic (exact) mass is 437 g/mol. The number of piperidine rings is 1. The third kappa shape index (κ3) is 4.13. The van der Waals surface area contributed by atoms with Gasteiger partial charge < -0.3 is 15.2 Å². The molecule has 0 spiro atoms. The number of hydrogen-bond acceptors (Lipinski definition) is 5. The van der Waals surface area contributed by atoms with Crippen molar-refractivity contribution in [1.82, 2.24) is 29.1 Å². The van der Waals surface area contributed by atoms with Gasteiger partial charge in [0, 0.05) is 30.1 Å². The fourth-order valence-electron chi connectivity index (χ4n) is 5.67. The van der Waals surface area contributed by atoms with Crippen LogP contribution in [0.5, 0.6) is 0 Å². The van der Waals surface area contributed by atoms with Gasteiger partial charge in [0.1, 0.15) is 0 Å². The highest BCUT2D eigenvalue weighted by molar-refractivity contribution is 6.03. The van der Waals surface area contributed by atoms with Crippen LogP contribution in [0.1, 0.15) is 65.3 Å². The van der Waals surface area contributed by atoms with Crippen molar-refractivity contribution in [3.63, 3.8) is 0 Å². The average molecular weight is 438 g/mol. The highest BCUT2D eigenvalue weighted by Crippen LogP contribution is 2.34. The molecule has 2 N–H and O–H groups in total. The number of nitrogens with two attached hydrogens (primary N) is 1. The number of nitrogens with zero attached hydrogens (tertiary/aromatic N) is 6. The van der Waals surface area contributed by atoms with Gasteiger partial charge in [-0.15, -0.1) is 0 Å². The molecule has 0 radical (unpaired) electrons. The van der Waals surface area contributed by atoms with Crippen LogP contribution in [0.4, 0.5) is 5.95 Å². The molecule has 0 saturated carbocycles. The summed E-state index contributed by atoms with van der Waals surface area (Å²) < 4.78 is 4.49. The van der Waals surface area contributed by atoms with Gasteiger partial charge in [-0.2, -0.15) is 5.10 Å². The molecule has 0 bridgehead atoms. The molecule has 1 atom stereocenters. The molecule has 174 valence electrons. The molecule has 5 rings (SSSR count). The zero-order chi connectivity index (χ0) is 22.3. The highest BCUT2D eigenvalue weighted by atomic mass is 15.3. The first-order valence-corrected chi connectivity index (χ1v) is 12.5. The average Bonchev–Trinajstić information content (AvgIpc) is 3.22. The van der Waals surface area contributed by atoms with Gasteiger partial charge in [-0.25, -0.2) is 4.98 Å². The Labute approximate surface area is 191 Å².